The highest BCUT2D eigenvalue weighted by Crippen LogP contribution is 2.27. The first-order chi connectivity index (χ1) is 12.2. The van der Waals surface area contributed by atoms with Crippen LogP contribution in [0.25, 0.3) is 0 Å². The predicted molar refractivity (Wildman–Crippen MR) is 103 cm³/mol. The molecule has 4 rings (SSSR count). The molecule has 0 radical (unpaired) electrons. The number of nitrogens with one attached hydrogen (secondary N) is 1. The van der Waals surface area contributed by atoms with Gasteiger partial charge in [-0.2, -0.15) is 0 Å². The smallest absolute Gasteiger partial charge is 0.253 e. The molecule has 142 valence electrons. The fourth-order valence-electron chi connectivity index (χ4n) is 4.50. The van der Waals surface area contributed by atoms with Gasteiger partial charge in [0.25, 0.3) is 5.91 Å². The van der Waals surface area contributed by atoms with Crippen LogP contribution in [-0.4, -0.2) is 54.3 Å². The second kappa shape index (κ2) is 8.40. The van der Waals surface area contributed by atoms with Crippen molar-refractivity contribution in [3.8, 4) is 0 Å². The first-order valence-corrected chi connectivity index (χ1v) is 9.57. The Hall–Kier alpha value is -1.59. The molecule has 0 spiro atoms. The van der Waals surface area contributed by atoms with Crippen LogP contribution in [0.5, 0.6) is 0 Å². The van der Waals surface area contributed by atoms with Crippen molar-refractivity contribution in [1.29, 1.82) is 0 Å². The third-order valence-corrected chi connectivity index (χ3v) is 6.03. The van der Waals surface area contributed by atoms with E-state index in [1.54, 1.807) is 0 Å². The minimum absolute atomic E-state index is 0. The van der Waals surface area contributed by atoms with Crippen molar-refractivity contribution in [2.24, 2.45) is 11.8 Å². The van der Waals surface area contributed by atoms with Crippen LogP contribution in [0.4, 0.5) is 0 Å². The molecule has 26 heavy (non-hydrogen) atoms. The zero-order chi connectivity index (χ0) is 17.2. The quantitative estimate of drug-likeness (QED) is 0.879. The van der Waals surface area contributed by atoms with Crippen molar-refractivity contribution in [1.82, 2.24) is 15.1 Å². The second-order valence-corrected chi connectivity index (χ2v) is 7.67. The Kier molecular flexibility index (Phi) is 6.20. The fourth-order valence-corrected chi connectivity index (χ4v) is 4.50. The van der Waals surface area contributed by atoms with Crippen LogP contribution in [0.1, 0.15) is 41.6 Å². The highest BCUT2D eigenvalue weighted by molar-refractivity contribution is 5.94. The average molecular weight is 378 g/mol. The molecule has 3 fully saturated rings. The molecule has 1 aromatic rings. The number of halogens is 1. The molecule has 1 aromatic carbocycles. The number of nitrogens with zero attached hydrogens (tertiary/aromatic N) is 2. The van der Waals surface area contributed by atoms with Crippen LogP contribution in [0.2, 0.25) is 0 Å². The van der Waals surface area contributed by atoms with Crippen LogP contribution in [-0.2, 0) is 11.3 Å². The molecular formula is C20H28ClN3O2. The van der Waals surface area contributed by atoms with E-state index in [0.717, 1.165) is 74.9 Å². The predicted octanol–water partition coefficient (Wildman–Crippen LogP) is 2.30. The van der Waals surface area contributed by atoms with E-state index >= 15 is 0 Å². The number of benzene rings is 1. The topological polar surface area (TPSA) is 52.7 Å². The third-order valence-electron chi connectivity index (χ3n) is 6.03. The van der Waals surface area contributed by atoms with Crippen molar-refractivity contribution in [3.63, 3.8) is 0 Å². The summed E-state index contributed by atoms with van der Waals surface area (Å²) in [6.45, 7) is 5.38. The van der Waals surface area contributed by atoms with Gasteiger partial charge < -0.3 is 15.1 Å². The fraction of sp³-hybridized carbons (Fsp3) is 0.600. The van der Waals surface area contributed by atoms with Crippen molar-refractivity contribution in [2.45, 2.75) is 32.2 Å². The molecule has 3 aliphatic heterocycles. The Labute approximate surface area is 161 Å². The summed E-state index contributed by atoms with van der Waals surface area (Å²) in [5.41, 5.74) is 1.81. The number of carbonyl (C=O) groups is 2. The minimum atomic E-state index is 0. The molecule has 0 bridgehead atoms. The summed E-state index contributed by atoms with van der Waals surface area (Å²) < 4.78 is 0. The van der Waals surface area contributed by atoms with Crippen LogP contribution in [0.15, 0.2) is 24.3 Å². The summed E-state index contributed by atoms with van der Waals surface area (Å²) >= 11 is 0. The zero-order valence-corrected chi connectivity index (χ0v) is 16.0. The van der Waals surface area contributed by atoms with Gasteiger partial charge in [-0.05, 0) is 61.9 Å². The molecule has 3 aliphatic rings. The minimum Gasteiger partial charge on any atom is -0.339 e. The van der Waals surface area contributed by atoms with Gasteiger partial charge in [-0.3, -0.25) is 9.59 Å². The van der Waals surface area contributed by atoms with Crippen molar-refractivity contribution < 1.29 is 9.59 Å². The summed E-state index contributed by atoms with van der Waals surface area (Å²) in [4.78, 5) is 28.7. The lowest BCUT2D eigenvalue weighted by molar-refractivity contribution is -0.128. The summed E-state index contributed by atoms with van der Waals surface area (Å²) in [6, 6.07) is 7.84. The van der Waals surface area contributed by atoms with Gasteiger partial charge in [-0.25, -0.2) is 0 Å². The Balaban J connectivity index is 0.00000196. The Morgan fingerprint density at radius 1 is 1.12 bits per heavy atom. The van der Waals surface area contributed by atoms with Crippen molar-refractivity contribution in [2.75, 3.05) is 32.7 Å². The lowest BCUT2D eigenvalue weighted by atomic mass is 9.92. The van der Waals surface area contributed by atoms with E-state index in [1.807, 2.05) is 34.1 Å². The average Bonchev–Trinajstić information content (AvgIpc) is 3.19. The molecule has 6 heteroatoms. The van der Waals surface area contributed by atoms with E-state index in [2.05, 4.69) is 5.32 Å². The number of hydrogen-bond acceptors (Lipinski definition) is 3. The number of carbonyl (C=O) groups excluding carboxylic acids is 2. The summed E-state index contributed by atoms with van der Waals surface area (Å²) in [7, 11) is 0. The number of rotatable bonds is 3. The molecule has 2 amide bonds. The number of fused-ring (bicyclic) bond motifs is 1. The summed E-state index contributed by atoms with van der Waals surface area (Å²) in [6.07, 6.45) is 3.81. The zero-order valence-electron chi connectivity index (χ0n) is 15.2. The van der Waals surface area contributed by atoms with Gasteiger partial charge in [-0.15, -0.1) is 12.4 Å². The molecule has 0 aromatic heterocycles. The maximum atomic E-state index is 13.0. The first-order valence-electron chi connectivity index (χ1n) is 9.57. The summed E-state index contributed by atoms with van der Waals surface area (Å²) in [5, 5.41) is 3.48. The molecule has 1 N–H and O–H groups in total. The van der Waals surface area contributed by atoms with E-state index in [-0.39, 0.29) is 24.2 Å². The molecule has 0 unspecified atom stereocenters. The van der Waals surface area contributed by atoms with E-state index in [9.17, 15) is 9.59 Å². The van der Waals surface area contributed by atoms with E-state index in [4.69, 9.17) is 0 Å². The van der Waals surface area contributed by atoms with Crippen LogP contribution >= 0.6 is 12.4 Å². The lowest BCUT2D eigenvalue weighted by Crippen LogP contribution is -2.33. The van der Waals surface area contributed by atoms with Crippen molar-refractivity contribution in [3.05, 3.63) is 35.4 Å². The number of amides is 2. The van der Waals surface area contributed by atoms with Gasteiger partial charge in [0.05, 0.1) is 0 Å². The monoisotopic (exact) mass is 377 g/mol. The maximum absolute atomic E-state index is 13.0. The molecule has 3 heterocycles. The Morgan fingerprint density at radius 3 is 2.50 bits per heavy atom. The maximum Gasteiger partial charge on any atom is 0.253 e. The highest BCUT2D eigenvalue weighted by Gasteiger charge is 2.31. The molecule has 0 saturated carbocycles. The van der Waals surface area contributed by atoms with E-state index in [0.29, 0.717) is 13.0 Å². The molecular weight excluding hydrogens is 350 g/mol. The standard InChI is InChI=1S/C20H27N3O2.ClH/c24-19-5-2-8-23(19)14-15-3-1-4-16(11-15)20(25)22-9-6-17-12-21-13-18(17)7-10-22;/h1,3-4,11,17-18,21H,2,5-10,12-14H2;1H/t17-,18+;. The van der Waals surface area contributed by atoms with E-state index < -0.39 is 0 Å². The number of likely N-dealkylation sites (tertiary alicyclic amines) is 2. The molecule has 2 atom stereocenters. The SMILES string of the molecule is Cl.O=C1CCCN1Cc1cccc(C(=O)N2CC[C@@H]3CNC[C@@H]3CC2)c1. The third kappa shape index (κ3) is 4.04. The van der Waals surface area contributed by atoms with Crippen LogP contribution in [0.3, 0.4) is 0 Å². The van der Waals surface area contributed by atoms with Gasteiger partial charge in [0.2, 0.25) is 5.91 Å². The van der Waals surface area contributed by atoms with Crippen molar-refractivity contribution >= 4 is 24.2 Å². The summed E-state index contributed by atoms with van der Waals surface area (Å²) in [5.74, 6) is 1.82. The van der Waals surface area contributed by atoms with Gasteiger partial charge in [0.1, 0.15) is 0 Å². The molecule has 0 aliphatic carbocycles. The largest absolute Gasteiger partial charge is 0.339 e. The normalized spacial score (nSPS) is 25.6. The van der Waals surface area contributed by atoms with Gasteiger partial charge >= 0.3 is 0 Å². The number of hydrogen-bond donors (Lipinski definition) is 1. The first kappa shape index (κ1) is 19.2. The van der Waals surface area contributed by atoms with Gasteiger partial charge in [-0.1, -0.05) is 12.1 Å². The lowest BCUT2D eigenvalue weighted by Gasteiger charge is -2.22. The Bertz CT molecular complexity index is 652. The van der Waals surface area contributed by atoms with Gasteiger partial charge in [0, 0.05) is 38.2 Å². The van der Waals surface area contributed by atoms with Gasteiger partial charge in [0.15, 0.2) is 0 Å². The Morgan fingerprint density at radius 2 is 1.85 bits per heavy atom. The van der Waals surface area contributed by atoms with Crippen LogP contribution in [0, 0.1) is 11.8 Å². The molecule has 3 saturated heterocycles. The molecule has 5 nitrogen and oxygen atoms in total. The van der Waals surface area contributed by atoms with E-state index in [1.165, 1.54) is 0 Å². The van der Waals surface area contributed by atoms with Crippen LogP contribution < -0.4 is 5.32 Å². The second-order valence-electron chi connectivity index (χ2n) is 7.67. The highest BCUT2D eigenvalue weighted by atomic mass is 35.5.